The summed E-state index contributed by atoms with van der Waals surface area (Å²) in [7, 11) is 0. The van der Waals surface area contributed by atoms with Gasteiger partial charge >= 0.3 is 0 Å². The molecule has 0 aliphatic carbocycles. The van der Waals surface area contributed by atoms with Gasteiger partial charge in [0.05, 0.1) is 0 Å². The van der Waals surface area contributed by atoms with Gasteiger partial charge in [0.1, 0.15) is 0 Å². The highest BCUT2D eigenvalue weighted by Crippen LogP contribution is 2.18. The first kappa shape index (κ1) is 10.1. The van der Waals surface area contributed by atoms with E-state index in [2.05, 4.69) is 9.98 Å². The summed E-state index contributed by atoms with van der Waals surface area (Å²) in [4.78, 5) is 26.9. The third-order valence-electron chi connectivity index (χ3n) is 1.69. The van der Waals surface area contributed by atoms with Crippen molar-refractivity contribution in [3.63, 3.8) is 0 Å². The maximum atomic E-state index is 10.1. The van der Waals surface area contributed by atoms with Gasteiger partial charge in [-0.3, -0.25) is 0 Å². The molecule has 4 heteroatoms. The standard InChI is InChI=1S/C10H8N2O2/c1-8-3-2-4-9(5-8)10(11-6-13)12-7-14/h2-5,10H,1H3. The zero-order valence-electron chi connectivity index (χ0n) is 7.60. The number of aliphatic imine (C=N–C) groups is 2. The van der Waals surface area contributed by atoms with E-state index in [1.165, 1.54) is 12.2 Å². The number of benzene rings is 1. The van der Waals surface area contributed by atoms with Gasteiger partial charge in [0.2, 0.25) is 12.2 Å². The maximum absolute atomic E-state index is 10.1. The van der Waals surface area contributed by atoms with Gasteiger partial charge in [0.25, 0.3) is 0 Å². The molecule has 0 bridgehead atoms. The van der Waals surface area contributed by atoms with Gasteiger partial charge in [0.15, 0.2) is 6.17 Å². The van der Waals surface area contributed by atoms with Crippen LogP contribution in [0.1, 0.15) is 17.3 Å². The number of nitrogens with zero attached hydrogens (tertiary/aromatic N) is 2. The minimum atomic E-state index is -0.815. The lowest BCUT2D eigenvalue weighted by Gasteiger charge is -2.03. The highest BCUT2D eigenvalue weighted by atomic mass is 16.1. The maximum Gasteiger partial charge on any atom is 0.237 e. The van der Waals surface area contributed by atoms with Crippen LogP contribution in [0.4, 0.5) is 0 Å². The largest absolute Gasteiger partial charge is 0.237 e. The summed E-state index contributed by atoms with van der Waals surface area (Å²) in [6, 6.07) is 7.24. The normalized spacial score (nSPS) is 10.9. The van der Waals surface area contributed by atoms with Crippen molar-refractivity contribution in [2.75, 3.05) is 0 Å². The molecule has 0 aromatic heterocycles. The quantitative estimate of drug-likeness (QED) is 0.535. The van der Waals surface area contributed by atoms with Gasteiger partial charge in [-0.2, -0.15) is 9.98 Å². The highest BCUT2D eigenvalue weighted by molar-refractivity contribution is 5.40. The lowest BCUT2D eigenvalue weighted by Crippen LogP contribution is -1.91. The second kappa shape index (κ2) is 4.87. The molecular weight excluding hydrogens is 180 g/mol. The molecule has 0 amide bonds. The molecule has 0 atom stereocenters. The van der Waals surface area contributed by atoms with Gasteiger partial charge in [-0.1, -0.05) is 29.8 Å². The van der Waals surface area contributed by atoms with Gasteiger partial charge in [-0.25, -0.2) is 9.59 Å². The van der Waals surface area contributed by atoms with E-state index in [9.17, 15) is 9.59 Å². The van der Waals surface area contributed by atoms with Crippen LogP contribution in [0, 0.1) is 6.92 Å². The Balaban J connectivity index is 3.10. The summed E-state index contributed by atoms with van der Waals surface area (Å²) in [5, 5.41) is 0. The molecule has 0 saturated carbocycles. The number of isocyanates is 2. The Labute approximate surface area is 81.0 Å². The van der Waals surface area contributed by atoms with E-state index >= 15 is 0 Å². The summed E-state index contributed by atoms with van der Waals surface area (Å²) in [5.41, 5.74) is 1.69. The van der Waals surface area contributed by atoms with E-state index in [1.54, 1.807) is 18.2 Å². The van der Waals surface area contributed by atoms with Crippen molar-refractivity contribution in [2.24, 2.45) is 9.98 Å². The van der Waals surface area contributed by atoms with Crippen molar-refractivity contribution < 1.29 is 9.59 Å². The van der Waals surface area contributed by atoms with Crippen LogP contribution in [0.25, 0.3) is 0 Å². The third kappa shape index (κ3) is 2.49. The molecule has 70 valence electrons. The molecule has 0 radical (unpaired) electrons. The number of rotatable bonds is 3. The predicted molar refractivity (Wildman–Crippen MR) is 50.2 cm³/mol. The lowest BCUT2D eigenvalue weighted by atomic mass is 10.1. The SMILES string of the molecule is Cc1cccc(C(N=C=O)N=C=O)c1. The van der Waals surface area contributed by atoms with Crippen LogP contribution >= 0.6 is 0 Å². The third-order valence-corrected chi connectivity index (χ3v) is 1.69. The fraction of sp³-hybridized carbons (Fsp3) is 0.200. The summed E-state index contributed by atoms with van der Waals surface area (Å²) in [5.74, 6) is 0. The van der Waals surface area contributed by atoms with Crippen molar-refractivity contribution in [3.8, 4) is 0 Å². The molecule has 0 aliphatic rings. The molecular formula is C10H8N2O2. The van der Waals surface area contributed by atoms with Crippen molar-refractivity contribution in [2.45, 2.75) is 13.1 Å². The van der Waals surface area contributed by atoms with Crippen LogP contribution in [0.3, 0.4) is 0 Å². The van der Waals surface area contributed by atoms with Gasteiger partial charge in [-0.05, 0) is 6.92 Å². The van der Waals surface area contributed by atoms with Gasteiger partial charge in [0, 0.05) is 5.56 Å². The highest BCUT2D eigenvalue weighted by Gasteiger charge is 2.07. The summed E-state index contributed by atoms with van der Waals surface area (Å²) >= 11 is 0. The lowest BCUT2D eigenvalue weighted by molar-refractivity contribution is 0.552. The number of carbonyl (C=O) groups excluding carboxylic acids is 2. The Morgan fingerprint density at radius 3 is 2.36 bits per heavy atom. The number of aryl methyl sites for hydroxylation is 1. The second-order valence-corrected chi connectivity index (χ2v) is 2.73. The Bertz CT molecular complexity index is 398. The molecule has 0 spiro atoms. The number of hydrogen-bond donors (Lipinski definition) is 0. The van der Waals surface area contributed by atoms with E-state index in [4.69, 9.17) is 0 Å². The summed E-state index contributed by atoms with van der Waals surface area (Å²) in [6.07, 6.45) is 1.93. The van der Waals surface area contributed by atoms with Crippen molar-refractivity contribution >= 4 is 12.2 Å². The fourth-order valence-corrected chi connectivity index (χ4v) is 1.11. The fourth-order valence-electron chi connectivity index (χ4n) is 1.11. The molecule has 1 aromatic carbocycles. The monoisotopic (exact) mass is 188 g/mol. The smallest absolute Gasteiger partial charge is 0.211 e. The minimum absolute atomic E-state index is 0.678. The van der Waals surface area contributed by atoms with E-state index in [0.717, 1.165) is 5.56 Å². The molecule has 14 heavy (non-hydrogen) atoms. The molecule has 0 aliphatic heterocycles. The van der Waals surface area contributed by atoms with Crippen LogP contribution in [0.2, 0.25) is 0 Å². The van der Waals surface area contributed by atoms with E-state index < -0.39 is 6.17 Å². The first-order chi connectivity index (χ1) is 6.77. The Morgan fingerprint density at radius 1 is 1.21 bits per heavy atom. The molecule has 0 N–H and O–H groups in total. The summed E-state index contributed by atoms with van der Waals surface area (Å²) in [6.45, 7) is 1.90. The average molecular weight is 188 g/mol. The molecule has 0 saturated heterocycles. The molecule has 4 nitrogen and oxygen atoms in total. The van der Waals surface area contributed by atoms with Crippen LogP contribution in [-0.4, -0.2) is 12.2 Å². The average Bonchev–Trinajstić information content (AvgIpc) is 2.17. The Morgan fingerprint density at radius 2 is 1.86 bits per heavy atom. The van der Waals surface area contributed by atoms with Crippen LogP contribution in [0.15, 0.2) is 34.3 Å². The minimum Gasteiger partial charge on any atom is -0.211 e. The molecule has 1 aromatic rings. The first-order valence-electron chi connectivity index (χ1n) is 3.98. The molecule has 0 fully saturated rings. The van der Waals surface area contributed by atoms with E-state index in [-0.39, 0.29) is 0 Å². The zero-order valence-corrected chi connectivity index (χ0v) is 7.60. The van der Waals surface area contributed by atoms with E-state index in [0.29, 0.717) is 5.56 Å². The van der Waals surface area contributed by atoms with Crippen molar-refractivity contribution in [1.82, 2.24) is 0 Å². The van der Waals surface area contributed by atoms with Crippen LogP contribution < -0.4 is 0 Å². The van der Waals surface area contributed by atoms with Crippen molar-refractivity contribution in [3.05, 3.63) is 35.4 Å². The Kier molecular flexibility index (Phi) is 3.50. The zero-order chi connectivity index (χ0) is 10.4. The van der Waals surface area contributed by atoms with Gasteiger partial charge < -0.3 is 0 Å². The van der Waals surface area contributed by atoms with Gasteiger partial charge in [-0.15, -0.1) is 0 Å². The topological polar surface area (TPSA) is 58.9 Å². The first-order valence-corrected chi connectivity index (χ1v) is 3.98. The van der Waals surface area contributed by atoms with E-state index in [1.807, 2.05) is 13.0 Å². The summed E-state index contributed by atoms with van der Waals surface area (Å²) < 4.78 is 0. The number of hydrogen-bond acceptors (Lipinski definition) is 4. The molecule has 0 heterocycles. The second-order valence-electron chi connectivity index (χ2n) is 2.73. The molecule has 1 rings (SSSR count). The Hall–Kier alpha value is -2.02. The van der Waals surface area contributed by atoms with Crippen LogP contribution in [-0.2, 0) is 9.59 Å². The predicted octanol–water partition coefficient (Wildman–Crippen LogP) is 1.67. The molecule has 0 unspecified atom stereocenters. The van der Waals surface area contributed by atoms with Crippen LogP contribution in [0.5, 0.6) is 0 Å². The van der Waals surface area contributed by atoms with Crippen molar-refractivity contribution in [1.29, 1.82) is 0 Å².